The summed E-state index contributed by atoms with van der Waals surface area (Å²) in [6.07, 6.45) is -0.386. The second kappa shape index (κ2) is 11.0. The maximum absolute atomic E-state index is 12.6. The van der Waals surface area contributed by atoms with Gasteiger partial charge < -0.3 is 19.5 Å². The van der Waals surface area contributed by atoms with E-state index in [4.69, 9.17) is 9.47 Å². The largest absolute Gasteiger partial charge is 0.493 e. The van der Waals surface area contributed by atoms with Gasteiger partial charge in [-0.25, -0.2) is 0 Å². The zero-order valence-electron chi connectivity index (χ0n) is 17.0. The van der Waals surface area contributed by atoms with E-state index < -0.39 is 12.7 Å². The third-order valence-electron chi connectivity index (χ3n) is 4.28. The van der Waals surface area contributed by atoms with Crippen LogP contribution in [0.5, 0.6) is 17.2 Å². The molecule has 0 spiro atoms. The number of carbonyl (C=O) groups excluding carboxylic acids is 1. The van der Waals surface area contributed by atoms with Crippen LogP contribution in [0.4, 0.5) is 8.78 Å². The van der Waals surface area contributed by atoms with E-state index in [9.17, 15) is 18.8 Å². The monoisotopic (exact) mass is 418 g/mol. The molecule has 1 amide bonds. The molecule has 6 nitrogen and oxygen atoms in total. The molecule has 0 fully saturated rings. The molecular formula is C22H24F2N2O4. The van der Waals surface area contributed by atoms with E-state index in [-0.39, 0.29) is 29.9 Å². The van der Waals surface area contributed by atoms with E-state index in [1.165, 1.54) is 19.2 Å². The maximum atomic E-state index is 12.6. The van der Waals surface area contributed by atoms with Crippen molar-refractivity contribution in [3.05, 3.63) is 53.6 Å². The zero-order chi connectivity index (χ0) is 22.1. The summed E-state index contributed by atoms with van der Waals surface area (Å²) >= 11 is 0. The van der Waals surface area contributed by atoms with Gasteiger partial charge in [-0.3, -0.25) is 4.79 Å². The van der Waals surface area contributed by atoms with Crippen molar-refractivity contribution in [1.82, 2.24) is 5.32 Å². The Morgan fingerprint density at radius 3 is 2.47 bits per heavy atom. The van der Waals surface area contributed by atoms with Crippen molar-refractivity contribution < 1.29 is 27.8 Å². The topological polar surface area (TPSA) is 80.6 Å². The zero-order valence-corrected chi connectivity index (χ0v) is 17.0. The molecular weight excluding hydrogens is 394 g/mol. The number of hydrogen-bond donors (Lipinski definition) is 1. The van der Waals surface area contributed by atoms with Crippen molar-refractivity contribution in [2.24, 2.45) is 5.92 Å². The standard InChI is InChI=1S/C22H24F2N2O4/c1-14(2)20(29-17-7-5-4-6-16(17)13-25)21(27)26-11-10-15-8-9-18(28-3)19(12-15)30-22(23)24/h4-9,12,14,20,22H,10-11H2,1-3H3,(H,26,27). The molecule has 0 aromatic heterocycles. The fourth-order valence-electron chi connectivity index (χ4n) is 2.79. The summed E-state index contributed by atoms with van der Waals surface area (Å²) in [6.45, 7) is 0.994. The predicted octanol–water partition coefficient (Wildman–Crippen LogP) is 3.93. The first-order chi connectivity index (χ1) is 14.3. The number of hydrogen-bond acceptors (Lipinski definition) is 5. The van der Waals surface area contributed by atoms with Gasteiger partial charge in [0.25, 0.3) is 5.91 Å². The van der Waals surface area contributed by atoms with Crippen LogP contribution >= 0.6 is 0 Å². The minimum Gasteiger partial charge on any atom is -0.493 e. The summed E-state index contributed by atoms with van der Waals surface area (Å²) in [5.41, 5.74) is 1.05. The van der Waals surface area contributed by atoms with E-state index in [0.29, 0.717) is 23.3 Å². The van der Waals surface area contributed by atoms with Crippen molar-refractivity contribution >= 4 is 5.91 Å². The second-order valence-corrected chi connectivity index (χ2v) is 6.80. The van der Waals surface area contributed by atoms with Gasteiger partial charge in [0, 0.05) is 6.54 Å². The van der Waals surface area contributed by atoms with Crippen LogP contribution in [0.3, 0.4) is 0 Å². The molecule has 0 aliphatic heterocycles. The number of nitrogens with zero attached hydrogens (tertiary/aromatic N) is 1. The molecule has 0 aliphatic rings. The van der Waals surface area contributed by atoms with Gasteiger partial charge in [0.05, 0.1) is 12.7 Å². The lowest BCUT2D eigenvalue weighted by molar-refractivity contribution is -0.129. The van der Waals surface area contributed by atoms with Crippen LogP contribution in [0.15, 0.2) is 42.5 Å². The summed E-state index contributed by atoms with van der Waals surface area (Å²) in [6, 6.07) is 13.5. The number of nitriles is 1. The highest BCUT2D eigenvalue weighted by Crippen LogP contribution is 2.29. The highest BCUT2D eigenvalue weighted by molar-refractivity contribution is 5.81. The van der Waals surface area contributed by atoms with Gasteiger partial charge in [0.15, 0.2) is 17.6 Å². The van der Waals surface area contributed by atoms with Crippen molar-refractivity contribution in [2.45, 2.75) is 33.0 Å². The van der Waals surface area contributed by atoms with Crippen molar-refractivity contribution in [3.63, 3.8) is 0 Å². The van der Waals surface area contributed by atoms with E-state index in [2.05, 4.69) is 10.1 Å². The Morgan fingerprint density at radius 2 is 1.83 bits per heavy atom. The minimum atomic E-state index is -2.96. The summed E-state index contributed by atoms with van der Waals surface area (Å²) < 4.78 is 40.4. The number of amides is 1. The van der Waals surface area contributed by atoms with E-state index in [1.54, 1.807) is 30.3 Å². The molecule has 2 aromatic carbocycles. The van der Waals surface area contributed by atoms with Crippen LogP contribution in [0, 0.1) is 17.2 Å². The number of alkyl halides is 2. The lowest BCUT2D eigenvalue weighted by atomic mass is 10.1. The highest BCUT2D eigenvalue weighted by Gasteiger charge is 2.25. The molecule has 160 valence electrons. The van der Waals surface area contributed by atoms with E-state index in [1.807, 2.05) is 19.9 Å². The molecule has 0 aliphatic carbocycles. The van der Waals surface area contributed by atoms with Crippen molar-refractivity contribution in [3.8, 4) is 23.3 Å². The van der Waals surface area contributed by atoms with Crippen LogP contribution < -0.4 is 19.5 Å². The van der Waals surface area contributed by atoms with Crippen molar-refractivity contribution in [2.75, 3.05) is 13.7 Å². The predicted molar refractivity (Wildman–Crippen MR) is 107 cm³/mol. The van der Waals surface area contributed by atoms with Crippen LogP contribution in [0.2, 0.25) is 0 Å². The van der Waals surface area contributed by atoms with Gasteiger partial charge >= 0.3 is 6.61 Å². The molecule has 8 heteroatoms. The maximum Gasteiger partial charge on any atom is 0.387 e. The number of carbonyl (C=O) groups is 1. The number of halogens is 2. The average Bonchev–Trinajstić information content (AvgIpc) is 2.71. The highest BCUT2D eigenvalue weighted by atomic mass is 19.3. The Morgan fingerprint density at radius 1 is 1.10 bits per heavy atom. The molecule has 1 N–H and O–H groups in total. The third-order valence-corrected chi connectivity index (χ3v) is 4.28. The number of rotatable bonds is 10. The molecule has 2 aromatic rings. The number of benzene rings is 2. The fraction of sp³-hybridized carbons (Fsp3) is 0.364. The Balaban J connectivity index is 2.00. The van der Waals surface area contributed by atoms with Crippen LogP contribution in [-0.2, 0) is 11.2 Å². The van der Waals surface area contributed by atoms with Crippen LogP contribution in [0.1, 0.15) is 25.0 Å². The third kappa shape index (κ3) is 6.34. The second-order valence-electron chi connectivity index (χ2n) is 6.80. The summed E-state index contributed by atoms with van der Waals surface area (Å²) in [5, 5.41) is 12.0. The van der Waals surface area contributed by atoms with Gasteiger partial charge in [0.2, 0.25) is 0 Å². The van der Waals surface area contributed by atoms with E-state index in [0.717, 1.165) is 0 Å². The molecule has 0 heterocycles. The first-order valence-corrected chi connectivity index (χ1v) is 9.41. The fourth-order valence-corrected chi connectivity index (χ4v) is 2.79. The summed E-state index contributed by atoms with van der Waals surface area (Å²) in [5.74, 6) is 0.0252. The molecule has 30 heavy (non-hydrogen) atoms. The SMILES string of the molecule is COc1ccc(CCNC(=O)C(Oc2ccccc2C#N)C(C)C)cc1OC(F)F. The smallest absolute Gasteiger partial charge is 0.387 e. The number of ether oxygens (including phenoxy) is 3. The van der Waals surface area contributed by atoms with Gasteiger partial charge in [-0.05, 0) is 42.2 Å². The number of para-hydroxylation sites is 1. The Labute approximate surface area is 174 Å². The molecule has 0 saturated carbocycles. The lowest BCUT2D eigenvalue weighted by Gasteiger charge is -2.22. The first kappa shape index (κ1) is 22.9. The van der Waals surface area contributed by atoms with Crippen LogP contribution in [-0.4, -0.2) is 32.3 Å². The summed E-state index contributed by atoms with van der Waals surface area (Å²) in [4.78, 5) is 12.6. The number of nitrogens with one attached hydrogen (secondary N) is 1. The molecule has 1 atom stereocenters. The summed E-state index contributed by atoms with van der Waals surface area (Å²) in [7, 11) is 1.37. The first-order valence-electron chi connectivity index (χ1n) is 9.41. The number of methoxy groups -OCH3 is 1. The molecule has 2 rings (SSSR count). The van der Waals surface area contributed by atoms with Gasteiger partial charge in [-0.15, -0.1) is 0 Å². The normalized spacial score (nSPS) is 11.7. The molecule has 0 bridgehead atoms. The minimum absolute atomic E-state index is 0.0622. The lowest BCUT2D eigenvalue weighted by Crippen LogP contribution is -2.42. The van der Waals surface area contributed by atoms with Gasteiger partial charge in [-0.2, -0.15) is 14.0 Å². The Hall–Kier alpha value is -3.34. The van der Waals surface area contributed by atoms with Crippen molar-refractivity contribution in [1.29, 1.82) is 5.26 Å². The van der Waals surface area contributed by atoms with Gasteiger partial charge in [0.1, 0.15) is 11.8 Å². The quantitative estimate of drug-likeness (QED) is 0.632. The Bertz CT molecular complexity index is 897. The molecule has 1 unspecified atom stereocenters. The van der Waals surface area contributed by atoms with Gasteiger partial charge in [-0.1, -0.05) is 32.0 Å². The van der Waals surface area contributed by atoms with Crippen LogP contribution in [0.25, 0.3) is 0 Å². The molecule has 0 radical (unpaired) electrons. The Kier molecular flexibility index (Phi) is 8.41. The molecule has 0 saturated heterocycles. The van der Waals surface area contributed by atoms with E-state index >= 15 is 0 Å². The average molecular weight is 418 g/mol.